The van der Waals surface area contributed by atoms with Crippen LogP contribution >= 0.6 is 0 Å². The molecule has 0 nitrogen and oxygen atoms in total. The fourth-order valence-electron chi connectivity index (χ4n) is 4.14. The molecule has 0 aliphatic heterocycles. The van der Waals surface area contributed by atoms with Crippen LogP contribution in [0.25, 0.3) is 16.8 Å². The van der Waals surface area contributed by atoms with Gasteiger partial charge in [0.15, 0.2) is 0 Å². The van der Waals surface area contributed by atoms with E-state index in [1.54, 1.807) is 5.57 Å². The van der Waals surface area contributed by atoms with Gasteiger partial charge in [0, 0.05) is 5.92 Å². The van der Waals surface area contributed by atoms with Gasteiger partial charge in [-0.3, -0.25) is 0 Å². The first-order valence-electron chi connectivity index (χ1n) is 8.99. The van der Waals surface area contributed by atoms with Crippen LogP contribution in [-0.2, 0) is 0 Å². The molecule has 1 radical (unpaired) electrons. The largest absolute Gasteiger partial charge is 0.0654 e. The number of rotatable bonds is 4. The van der Waals surface area contributed by atoms with E-state index in [0.29, 0.717) is 11.8 Å². The van der Waals surface area contributed by atoms with Gasteiger partial charge in [-0.25, -0.2) is 0 Å². The van der Waals surface area contributed by atoms with Crippen molar-refractivity contribution in [3.8, 4) is 0 Å². The molecule has 0 spiro atoms. The summed E-state index contributed by atoms with van der Waals surface area (Å²) in [7, 11) is 0. The minimum atomic E-state index is 0.366. The van der Waals surface area contributed by atoms with Crippen LogP contribution < -0.4 is 0 Å². The Morgan fingerprint density at radius 2 is 1.75 bits per heavy atom. The van der Waals surface area contributed by atoms with Crippen molar-refractivity contribution in [2.24, 2.45) is 5.92 Å². The molecule has 0 fully saturated rings. The van der Waals surface area contributed by atoms with E-state index in [4.69, 9.17) is 0 Å². The normalized spacial score (nSPS) is 17.6. The van der Waals surface area contributed by atoms with Gasteiger partial charge in [-0.2, -0.15) is 0 Å². The lowest BCUT2D eigenvalue weighted by molar-refractivity contribution is 0.581. The monoisotopic (exact) mass is 311 g/mol. The van der Waals surface area contributed by atoms with E-state index in [1.165, 1.54) is 40.3 Å². The van der Waals surface area contributed by atoms with Gasteiger partial charge in [-0.1, -0.05) is 92.6 Å². The summed E-state index contributed by atoms with van der Waals surface area (Å²) in [4.78, 5) is 0. The zero-order valence-corrected chi connectivity index (χ0v) is 14.4. The number of hydrogen-bond donors (Lipinski definition) is 0. The zero-order valence-electron chi connectivity index (χ0n) is 14.4. The van der Waals surface area contributed by atoms with E-state index < -0.39 is 0 Å². The highest BCUT2D eigenvalue weighted by molar-refractivity contribution is 5.88. The summed E-state index contributed by atoms with van der Waals surface area (Å²) in [5.41, 5.74) is 5.66. The van der Waals surface area contributed by atoms with Crippen LogP contribution in [0.1, 0.15) is 49.3 Å². The fraction of sp³-hybridized carbons (Fsp3) is 0.250. The molecule has 0 saturated carbocycles. The molecule has 0 bridgehead atoms. The lowest BCUT2D eigenvalue weighted by atomic mass is 9.80. The molecular formula is C24H23. The third kappa shape index (κ3) is 2.47. The number of hydrogen-bond acceptors (Lipinski definition) is 0. The van der Waals surface area contributed by atoms with Crippen molar-refractivity contribution in [2.45, 2.75) is 32.6 Å². The van der Waals surface area contributed by atoms with Crippen molar-refractivity contribution in [2.75, 3.05) is 0 Å². The van der Waals surface area contributed by atoms with Crippen LogP contribution in [0.3, 0.4) is 0 Å². The van der Waals surface area contributed by atoms with Gasteiger partial charge in [-0.05, 0) is 45.9 Å². The molecule has 4 rings (SSSR count). The molecule has 3 aromatic rings. The third-order valence-corrected chi connectivity index (χ3v) is 5.30. The molecule has 2 unspecified atom stereocenters. The average molecular weight is 311 g/mol. The van der Waals surface area contributed by atoms with E-state index in [0.717, 1.165) is 0 Å². The standard InChI is InChI=1S/C24H23/c1-3-9-17(2)23-16-19-11-5-7-14-21(19)24(23)22-15-8-12-18-10-4-6-13-20(18)22/h4-8,10,12-17,24H,3,9H2,1-2H3. The van der Waals surface area contributed by atoms with Crippen LogP contribution in [0.4, 0.5) is 0 Å². The number of fused-ring (bicyclic) bond motifs is 2. The second-order valence-electron chi connectivity index (χ2n) is 6.87. The van der Waals surface area contributed by atoms with Crippen LogP contribution in [-0.4, -0.2) is 0 Å². The average Bonchev–Trinajstić information content (AvgIpc) is 3.01. The Bertz CT molecular complexity index is 895. The first kappa shape index (κ1) is 15.2. The molecule has 1 aliphatic rings. The van der Waals surface area contributed by atoms with E-state index in [2.05, 4.69) is 80.6 Å². The molecule has 24 heavy (non-hydrogen) atoms. The smallest absolute Gasteiger partial charge is 0.0317 e. The topological polar surface area (TPSA) is 0 Å². The van der Waals surface area contributed by atoms with Crippen LogP contribution in [0.5, 0.6) is 0 Å². The van der Waals surface area contributed by atoms with Crippen LogP contribution in [0.15, 0.2) is 66.2 Å². The molecule has 119 valence electrons. The molecule has 0 amide bonds. The van der Waals surface area contributed by atoms with E-state index >= 15 is 0 Å². The van der Waals surface area contributed by atoms with E-state index in [-0.39, 0.29) is 0 Å². The van der Waals surface area contributed by atoms with Gasteiger partial charge in [-0.15, -0.1) is 0 Å². The highest BCUT2D eigenvalue weighted by Crippen LogP contribution is 2.46. The van der Waals surface area contributed by atoms with Gasteiger partial charge in [0.25, 0.3) is 0 Å². The molecule has 1 aliphatic carbocycles. The molecule has 0 saturated heterocycles. The minimum absolute atomic E-state index is 0.366. The van der Waals surface area contributed by atoms with E-state index in [9.17, 15) is 0 Å². The van der Waals surface area contributed by atoms with Gasteiger partial charge in [0.2, 0.25) is 0 Å². The summed E-state index contributed by atoms with van der Waals surface area (Å²) in [5, 5.41) is 2.70. The van der Waals surface area contributed by atoms with E-state index in [1.807, 2.05) is 6.07 Å². The number of allylic oxidation sites excluding steroid dienone is 1. The number of benzene rings is 3. The Morgan fingerprint density at radius 3 is 2.62 bits per heavy atom. The third-order valence-electron chi connectivity index (χ3n) is 5.30. The molecule has 0 N–H and O–H groups in total. The van der Waals surface area contributed by atoms with Crippen molar-refractivity contribution in [1.29, 1.82) is 0 Å². The lowest BCUT2D eigenvalue weighted by Crippen LogP contribution is -2.08. The molecule has 3 aromatic carbocycles. The summed E-state index contributed by atoms with van der Waals surface area (Å²) in [6.07, 6.45) is 4.85. The predicted octanol–water partition coefficient (Wildman–Crippen LogP) is 6.61. The van der Waals surface area contributed by atoms with Gasteiger partial charge >= 0.3 is 0 Å². The Balaban J connectivity index is 1.91. The second kappa shape index (κ2) is 6.28. The lowest BCUT2D eigenvalue weighted by Gasteiger charge is -2.23. The molecular weight excluding hydrogens is 288 g/mol. The Kier molecular flexibility index (Phi) is 3.98. The summed E-state index contributed by atoms with van der Waals surface area (Å²) in [6.45, 7) is 4.65. The Morgan fingerprint density at radius 1 is 0.958 bits per heavy atom. The summed E-state index contributed by atoms with van der Waals surface area (Å²) < 4.78 is 0. The highest BCUT2D eigenvalue weighted by Gasteiger charge is 2.30. The van der Waals surface area contributed by atoms with Gasteiger partial charge in [0.05, 0.1) is 0 Å². The Hall–Kier alpha value is -2.34. The van der Waals surface area contributed by atoms with Crippen LogP contribution in [0, 0.1) is 12.0 Å². The minimum Gasteiger partial charge on any atom is -0.0654 e. The summed E-state index contributed by atoms with van der Waals surface area (Å²) in [5.74, 6) is 0.963. The van der Waals surface area contributed by atoms with Crippen molar-refractivity contribution < 1.29 is 0 Å². The zero-order chi connectivity index (χ0) is 16.5. The van der Waals surface area contributed by atoms with Gasteiger partial charge in [0.1, 0.15) is 0 Å². The predicted molar refractivity (Wildman–Crippen MR) is 103 cm³/mol. The van der Waals surface area contributed by atoms with Crippen LogP contribution in [0.2, 0.25) is 0 Å². The summed E-state index contributed by atoms with van der Waals surface area (Å²) in [6, 6.07) is 25.3. The maximum atomic E-state index is 3.45. The summed E-state index contributed by atoms with van der Waals surface area (Å²) >= 11 is 0. The van der Waals surface area contributed by atoms with Crippen molar-refractivity contribution in [3.63, 3.8) is 0 Å². The quantitative estimate of drug-likeness (QED) is 0.509. The first-order chi connectivity index (χ1) is 11.8. The molecule has 0 heteroatoms. The molecule has 0 aromatic heterocycles. The first-order valence-corrected chi connectivity index (χ1v) is 8.99. The van der Waals surface area contributed by atoms with Gasteiger partial charge < -0.3 is 0 Å². The molecule has 2 atom stereocenters. The Labute approximate surface area is 144 Å². The molecule has 0 heterocycles. The fourth-order valence-corrected chi connectivity index (χ4v) is 4.14. The maximum absolute atomic E-state index is 3.45. The van der Waals surface area contributed by atoms with Crippen molar-refractivity contribution in [1.82, 2.24) is 0 Å². The van der Waals surface area contributed by atoms with Crippen molar-refractivity contribution in [3.05, 3.63) is 89.0 Å². The highest BCUT2D eigenvalue weighted by atomic mass is 14.3. The second-order valence-corrected chi connectivity index (χ2v) is 6.87. The SMILES string of the molecule is CCCC(C)C1=Cc2[c]cccc2C1c1cccc2ccccc12. The maximum Gasteiger partial charge on any atom is 0.0317 e. The van der Waals surface area contributed by atoms with Crippen molar-refractivity contribution >= 4 is 16.8 Å².